The largest absolute Gasteiger partial charge is 0.355 e. The van der Waals surface area contributed by atoms with Crippen LogP contribution in [0.2, 0.25) is 0 Å². The summed E-state index contributed by atoms with van der Waals surface area (Å²) in [5.41, 5.74) is 4.34. The first kappa shape index (κ1) is 16.4. The number of amides is 1. The van der Waals surface area contributed by atoms with Crippen molar-refractivity contribution < 1.29 is 14.0 Å². The van der Waals surface area contributed by atoms with Crippen LogP contribution in [0.5, 0.6) is 0 Å². The third kappa shape index (κ3) is 2.54. The maximum atomic E-state index is 13.6. The second-order valence-electron chi connectivity index (χ2n) is 6.45. The molecule has 24 heavy (non-hydrogen) atoms. The van der Waals surface area contributed by atoms with Gasteiger partial charge in [0.25, 0.3) is 5.91 Å². The smallest absolute Gasteiger partial charge is 0.256 e. The second-order valence-corrected chi connectivity index (χ2v) is 6.45. The highest BCUT2D eigenvalue weighted by atomic mass is 19.1. The molecule has 1 unspecified atom stereocenters. The second kappa shape index (κ2) is 5.89. The lowest BCUT2D eigenvalue weighted by Crippen LogP contribution is -2.39. The first-order valence-corrected chi connectivity index (χ1v) is 8.10. The molecule has 1 N–H and O–H groups in total. The zero-order valence-corrected chi connectivity index (χ0v) is 14.4. The molecule has 0 bridgehead atoms. The van der Waals surface area contributed by atoms with E-state index in [1.165, 1.54) is 19.1 Å². The van der Waals surface area contributed by atoms with Gasteiger partial charge in [0.2, 0.25) is 0 Å². The van der Waals surface area contributed by atoms with E-state index in [-0.39, 0.29) is 23.5 Å². The van der Waals surface area contributed by atoms with Crippen molar-refractivity contribution in [1.29, 1.82) is 0 Å². The van der Waals surface area contributed by atoms with Gasteiger partial charge in [0, 0.05) is 19.2 Å². The summed E-state index contributed by atoms with van der Waals surface area (Å²) in [5, 5.41) is 0. The molecule has 1 amide bonds. The predicted octanol–water partition coefficient (Wildman–Crippen LogP) is 3.73. The van der Waals surface area contributed by atoms with E-state index in [0.29, 0.717) is 35.5 Å². The van der Waals surface area contributed by atoms with Gasteiger partial charge in [-0.15, -0.1) is 0 Å². The molecule has 3 rings (SSSR count). The summed E-state index contributed by atoms with van der Waals surface area (Å²) in [4.78, 5) is 29.6. The van der Waals surface area contributed by atoms with Crippen LogP contribution in [0.3, 0.4) is 0 Å². The molecular formula is C19H21FN2O2. The molecule has 2 aromatic rings. The number of ketones is 1. The van der Waals surface area contributed by atoms with Gasteiger partial charge in [0.05, 0.1) is 17.3 Å². The number of fused-ring (bicyclic) bond motifs is 1. The highest BCUT2D eigenvalue weighted by molar-refractivity contribution is 6.02. The summed E-state index contributed by atoms with van der Waals surface area (Å²) in [6, 6.07) is 4.57. The van der Waals surface area contributed by atoms with E-state index in [0.717, 1.165) is 11.1 Å². The lowest BCUT2D eigenvalue weighted by atomic mass is 9.92. The average Bonchev–Trinajstić information content (AvgIpc) is 2.83. The molecule has 1 aromatic carbocycles. The number of rotatable bonds is 2. The van der Waals surface area contributed by atoms with Crippen LogP contribution >= 0.6 is 0 Å². The van der Waals surface area contributed by atoms with Gasteiger partial charge >= 0.3 is 0 Å². The van der Waals surface area contributed by atoms with Crippen LogP contribution in [0.1, 0.15) is 63.1 Å². The van der Waals surface area contributed by atoms with Crippen molar-refractivity contribution >= 4 is 11.7 Å². The van der Waals surface area contributed by atoms with Crippen molar-refractivity contribution in [1.82, 2.24) is 9.88 Å². The minimum absolute atomic E-state index is 0.0891. The number of hydrogen-bond acceptors (Lipinski definition) is 2. The number of hydrogen-bond donors (Lipinski definition) is 1. The topological polar surface area (TPSA) is 53.2 Å². The van der Waals surface area contributed by atoms with Crippen LogP contribution in [-0.4, -0.2) is 28.1 Å². The number of aromatic amines is 1. The van der Waals surface area contributed by atoms with Gasteiger partial charge in [-0.3, -0.25) is 9.59 Å². The van der Waals surface area contributed by atoms with E-state index in [4.69, 9.17) is 0 Å². The number of H-pyrrole nitrogens is 1. The first-order chi connectivity index (χ1) is 11.3. The molecule has 1 aromatic heterocycles. The maximum absolute atomic E-state index is 13.6. The number of nitrogens with one attached hydrogen (secondary N) is 1. The molecule has 0 saturated heterocycles. The Balaban J connectivity index is 1.99. The minimum atomic E-state index is -0.289. The Hall–Kier alpha value is -2.43. The Labute approximate surface area is 140 Å². The van der Waals surface area contributed by atoms with Crippen LogP contribution in [0, 0.1) is 19.7 Å². The Bertz CT molecular complexity index is 838. The van der Waals surface area contributed by atoms with E-state index in [2.05, 4.69) is 4.98 Å². The SMILES string of the molecule is CC(=O)c1[nH]c(C)c(C(=O)N2CCc3ccc(F)cc3C2C)c1C. The van der Waals surface area contributed by atoms with E-state index >= 15 is 0 Å². The molecule has 5 heteroatoms. The third-order valence-corrected chi connectivity index (χ3v) is 4.91. The summed E-state index contributed by atoms with van der Waals surface area (Å²) in [6.45, 7) is 7.57. The average molecular weight is 328 g/mol. The standard InChI is InChI=1S/C19H21FN2O2/c1-10-17(11(2)21-18(10)13(4)23)19(24)22-8-7-14-5-6-15(20)9-16(14)12(22)3/h5-6,9,12,21H,7-8H2,1-4H3. The summed E-state index contributed by atoms with van der Waals surface area (Å²) in [6.07, 6.45) is 0.702. The van der Waals surface area contributed by atoms with Crippen molar-refractivity contribution in [3.8, 4) is 0 Å². The Morgan fingerprint density at radius 2 is 2.00 bits per heavy atom. The van der Waals surface area contributed by atoms with Gasteiger partial charge < -0.3 is 9.88 Å². The Kier molecular flexibility index (Phi) is 4.03. The monoisotopic (exact) mass is 328 g/mol. The van der Waals surface area contributed by atoms with Crippen molar-refractivity contribution in [3.63, 3.8) is 0 Å². The number of Topliss-reactive ketones (excluding diaryl/α,β-unsaturated/α-hetero) is 1. The molecule has 4 nitrogen and oxygen atoms in total. The molecule has 2 heterocycles. The number of carbonyl (C=O) groups is 2. The Morgan fingerprint density at radius 3 is 2.62 bits per heavy atom. The Morgan fingerprint density at radius 1 is 1.29 bits per heavy atom. The van der Waals surface area contributed by atoms with Crippen LogP contribution in [-0.2, 0) is 6.42 Å². The highest BCUT2D eigenvalue weighted by Crippen LogP contribution is 2.32. The number of halogens is 1. The predicted molar refractivity (Wildman–Crippen MR) is 89.8 cm³/mol. The van der Waals surface area contributed by atoms with Gasteiger partial charge in [0.1, 0.15) is 5.82 Å². The lowest BCUT2D eigenvalue weighted by molar-refractivity contribution is 0.0676. The number of aromatic nitrogens is 1. The summed E-state index contributed by atoms with van der Waals surface area (Å²) in [7, 11) is 0. The van der Waals surface area contributed by atoms with Crippen molar-refractivity contribution in [2.75, 3.05) is 6.54 Å². The van der Waals surface area contributed by atoms with Crippen molar-refractivity contribution in [2.45, 2.75) is 40.2 Å². The van der Waals surface area contributed by atoms with E-state index in [9.17, 15) is 14.0 Å². The molecule has 0 radical (unpaired) electrons. The van der Waals surface area contributed by atoms with Crippen molar-refractivity contribution in [2.24, 2.45) is 0 Å². The van der Waals surface area contributed by atoms with E-state index in [1.54, 1.807) is 24.8 Å². The molecule has 1 aliphatic heterocycles. The van der Waals surface area contributed by atoms with E-state index in [1.807, 2.05) is 6.92 Å². The molecule has 1 atom stereocenters. The van der Waals surface area contributed by atoms with Gasteiger partial charge in [-0.1, -0.05) is 6.07 Å². The molecule has 0 fully saturated rings. The fourth-order valence-electron chi connectivity index (χ4n) is 3.63. The van der Waals surface area contributed by atoms with Crippen molar-refractivity contribution in [3.05, 3.63) is 57.7 Å². The number of carbonyl (C=O) groups excluding carboxylic acids is 2. The van der Waals surface area contributed by atoms with Gasteiger partial charge in [-0.25, -0.2) is 4.39 Å². The molecule has 0 saturated carbocycles. The maximum Gasteiger partial charge on any atom is 0.256 e. The van der Waals surface area contributed by atoms with Gasteiger partial charge in [-0.2, -0.15) is 0 Å². The molecule has 0 aliphatic carbocycles. The fourth-order valence-corrected chi connectivity index (χ4v) is 3.63. The summed E-state index contributed by atoms with van der Waals surface area (Å²) >= 11 is 0. The fraction of sp³-hybridized carbons (Fsp3) is 0.368. The van der Waals surface area contributed by atoms with Crippen LogP contribution in [0.4, 0.5) is 4.39 Å². The highest BCUT2D eigenvalue weighted by Gasteiger charge is 2.31. The molecule has 1 aliphatic rings. The summed E-state index contributed by atoms with van der Waals surface area (Å²) < 4.78 is 13.6. The van der Waals surface area contributed by atoms with Gasteiger partial charge in [0.15, 0.2) is 5.78 Å². The lowest BCUT2D eigenvalue weighted by Gasteiger charge is -2.35. The minimum Gasteiger partial charge on any atom is -0.355 e. The zero-order valence-electron chi connectivity index (χ0n) is 14.4. The normalized spacial score (nSPS) is 16.9. The number of benzene rings is 1. The van der Waals surface area contributed by atoms with Gasteiger partial charge in [-0.05, 0) is 56.0 Å². The first-order valence-electron chi connectivity index (χ1n) is 8.10. The van der Waals surface area contributed by atoms with E-state index < -0.39 is 0 Å². The number of nitrogens with zero attached hydrogens (tertiary/aromatic N) is 1. The quantitative estimate of drug-likeness (QED) is 0.854. The van der Waals surface area contributed by atoms with Crippen LogP contribution in [0.15, 0.2) is 18.2 Å². The zero-order chi connectivity index (χ0) is 17.6. The number of aryl methyl sites for hydroxylation is 1. The van der Waals surface area contributed by atoms with Crippen LogP contribution < -0.4 is 0 Å². The third-order valence-electron chi connectivity index (χ3n) is 4.91. The summed E-state index contributed by atoms with van der Waals surface area (Å²) in [5.74, 6) is -0.493. The molecular weight excluding hydrogens is 307 g/mol. The van der Waals surface area contributed by atoms with Crippen LogP contribution in [0.25, 0.3) is 0 Å². The molecule has 126 valence electrons. The molecule has 0 spiro atoms.